The number of nitrogens with zero attached hydrogens (tertiary/aromatic N) is 3. The Morgan fingerprint density at radius 2 is 2.11 bits per heavy atom. The summed E-state index contributed by atoms with van der Waals surface area (Å²) >= 11 is 0. The number of hydrogen-bond donors (Lipinski definition) is 2. The summed E-state index contributed by atoms with van der Waals surface area (Å²) in [7, 11) is 0. The minimum Gasteiger partial charge on any atom is -0.303 e. The van der Waals surface area contributed by atoms with Crippen LogP contribution in [0.3, 0.4) is 0 Å². The number of tetrazole rings is 1. The number of benzene rings is 1. The molecule has 19 heavy (non-hydrogen) atoms. The van der Waals surface area contributed by atoms with Crippen LogP contribution in [0.15, 0.2) is 18.2 Å². The number of aryl methyl sites for hydroxylation is 2. The molecule has 0 saturated carbocycles. The van der Waals surface area contributed by atoms with Gasteiger partial charge in [0.05, 0.1) is 6.54 Å². The molecule has 0 amide bonds. The predicted octanol–water partition coefficient (Wildman–Crippen LogP) is 1.93. The summed E-state index contributed by atoms with van der Waals surface area (Å²) in [5.74, 6) is 0.699. The van der Waals surface area contributed by atoms with Gasteiger partial charge in [-0.05, 0) is 49.3 Å². The Labute approximate surface area is 112 Å². The zero-order valence-electron chi connectivity index (χ0n) is 11.2. The highest BCUT2D eigenvalue weighted by molar-refractivity contribution is 5.35. The molecule has 1 aromatic heterocycles. The molecule has 1 atom stereocenters. The lowest BCUT2D eigenvalue weighted by molar-refractivity contribution is 0.557. The third-order valence-corrected chi connectivity index (χ3v) is 3.83. The topological polar surface area (TPSA) is 66.5 Å². The summed E-state index contributed by atoms with van der Waals surface area (Å²) in [6, 6.07) is 7.17. The molecule has 0 radical (unpaired) electrons. The SMILES string of the molecule is CC(NCc1nn[nH]n1)c1ccc2c(c1)CCCC2. The van der Waals surface area contributed by atoms with Gasteiger partial charge in [0, 0.05) is 6.04 Å². The Kier molecular flexibility index (Phi) is 3.55. The van der Waals surface area contributed by atoms with E-state index in [2.05, 4.69) is 51.1 Å². The number of aromatic nitrogens is 4. The minimum absolute atomic E-state index is 0.297. The molecule has 0 fully saturated rings. The average Bonchev–Trinajstić information content (AvgIpc) is 2.97. The molecule has 3 rings (SSSR count). The van der Waals surface area contributed by atoms with E-state index in [9.17, 15) is 0 Å². The first-order chi connectivity index (χ1) is 9.33. The van der Waals surface area contributed by atoms with Crippen LogP contribution in [0.25, 0.3) is 0 Å². The van der Waals surface area contributed by atoms with Crippen molar-refractivity contribution >= 4 is 0 Å². The second-order valence-corrected chi connectivity index (χ2v) is 5.17. The molecule has 0 aliphatic heterocycles. The number of rotatable bonds is 4. The van der Waals surface area contributed by atoms with Crippen molar-refractivity contribution in [3.8, 4) is 0 Å². The first kappa shape index (κ1) is 12.3. The summed E-state index contributed by atoms with van der Waals surface area (Å²) in [6.45, 7) is 2.80. The van der Waals surface area contributed by atoms with E-state index in [-0.39, 0.29) is 0 Å². The highest BCUT2D eigenvalue weighted by Crippen LogP contribution is 2.24. The normalized spacial score (nSPS) is 16.1. The van der Waals surface area contributed by atoms with Crippen molar-refractivity contribution in [3.05, 3.63) is 40.7 Å². The number of fused-ring (bicyclic) bond motifs is 1. The van der Waals surface area contributed by atoms with Crippen molar-refractivity contribution in [1.29, 1.82) is 0 Å². The smallest absolute Gasteiger partial charge is 0.188 e. The highest BCUT2D eigenvalue weighted by Gasteiger charge is 2.12. The average molecular weight is 257 g/mol. The Morgan fingerprint density at radius 3 is 2.89 bits per heavy atom. The second-order valence-electron chi connectivity index (χ2n) is 5.17. The van der Waals surface area contributed by atoms with Crippen molar-refractivity contribution in [1.82, 2.24) is 25.9 Å². The maximum Gasteiger partial charge on any atom is 0.188 e. The van der Waals surface area contributed by atoms with Gasteiger partial charge >= 0.3 is 0 Å². The fraction of sp³-hybridized carbons (Fsp3) is 0.500. The molecule has 5 nitrogen and oxygen atoms in total. The lowest BCUT2D eigenvalue weighted by atomic mass is 9.89. The van der Waals surface area contributed by atoms with E-state index in [0.29, 0.717) is 18.4 Å². The lowest BCUT2D eigenvalue weighted by Gasteiger charge is -2.19. The molecule has 2 N–H and O–H groups in total. The molecular formula is C14H19N5. The van der Waals surface area contributed by atoms with Gasteiger partial charge in [0.15, 0.2) is 5.82 Å². The van der Waals surface area contributed by atoms with E-state index < -0.39 is 0 Å². The molecule has 2 aromatic rings. The zero-order valence-corrected chi connectivity index (χ0v) is 11.2. The van der Waals surface area contributed by atoms with Crippen LogP contribution in [0.2, 0.25) is 0 Å². The minimum atomic E-state index is 0.297. The van der Waals surface area contributed by atoms with Gasteiger partial charge in [-0.3, -0.25) is 0 Å². The van der Waals surface area contributed by atoms with E-state index in [4.69, 9.17) is 0 Å². The molecule has 0 saturated heterocycles. The van der Waals surface area contributed by atoms with Gasteiger partial charge in [0.1, 0.15) is 0 Å². The van der Waals surface area contributed by atoms with Crippen molar-refractivity contribution in [2.24, 2.45) is 0 Å². The van der Waals surface area contributed by atoms with Crippen LogP contribution < -0.4 is 5.32 Å². The van der Waals surface area contributed by atoms with E-state index in [1.807, 2.05) is 0 Å². The summed E-state index contributed by atoms with van der Waals surface area (Å²) in [6.07, 6.45) is 5.11. The molecular weight excluding hydrogens is 238 g/mol. The second kappa shape index (κ2) is 5.48. The third-order valence-electron chi connectivity index (χ3n) is 3.83. The molecule has 1 aliphatic carbocycles. The van der Waals surface area contributed by atoms with E-state index in [1.54, 1.807) is 0 Å². The quantitative estimate of drug-likeness (QED) is 0.878. The summed E-state index contributed by atoms with van der Waals surface area (Å²) in [5.41, 5.74) is 4.39. The number of nitrogens with one attached hydrogen (secondary N) is 2. The van der Waals surface area contributed by atoms with E-state index >= 15 is 0 Å². The van der Waals surface area contributed by atoms with Gasteiger partial charge in [-0.15, -0.1) is 10.2 Å². The number of H-pyrrole nitrogens is 1. The Bertz CT molecular complexity index is 535. The summed E-state index contributed by atoms with van der Waals surface area (Å²) in [5, 5.41) is 17.3. The molecule has 1 aliphatic rings. The maximum atomic E-state index is 3.94. The fourth-order valence-electron chi connectivity index (χ4n) is 2.64. The monoisotopic (exact) mass is 257 g/mol. The van der Waals surface area contributed by atoms with Gasteiger partial charge < -0.3 is 5.32 Å². The lowest BCUT2D eigenvalue weighted by Crippen LogP contribution is -2.19. The van der Waals surface area contributed by atoms with Gasteiger partial charge in [-0.2, -0.15) is 5.21 Å². The van der Waals surface area contributed by atoms with Crippen molar-refractivity contribution in [2.75, 3.05) is 0 Å². The molecule has 1 aromatic carbocycles. The van der Waals surface area contributed by atoms with Crippen LogP contribution in [0.1, 0.15) is 48.3 Å². The van der Waals surface area contributed by atoms with Gasteiger partial charge in [-0.1, -0.05) is 23.4 Å². The van der Waals surface area contributed by atoms with E-state index in [0.717, 1.165) is 0 Å². The van der Waals surface area contributed by atoms with Crippen molar-refractivity contribution < 1.29 is 0 Å². The fourth-order valence-corrected chi connectivity index (χ4v) is 2.64. The van der Waals surface area contributed by atoms with Gasteiger partial charge in [-0.25, -0.2) is 0 Å². The third kappa shape index (κ3) is 2.81. The van der Waals surface area contributed by atoms with Crippen LogP contribution >= 0.6 is 0 Å². The molecule has 100 valence electrons. The molecule has 1 unspecified atom stereocenters. The highest BCUT2D eigenvalue weighted by atomic mass is 15.5. The number of aromatic amines is 1. The Hall–Kier alpha value is -1.75. The first-order valence-corrected chi connectivity index (χ1v) is 6.90. The van der Waals surface area contributed by atoms with Gasteiger partial charge in [0.25, 0.3) is 0 Å². The Morgan fingerprint density at radius 1 is 1.26 bits per heavy atom. The van der Waals surface area contributed by atoms with Crippen LogP contribution in [-0.4, -0.2) is 20.6 Å². The molecule has 1 heterocycles. The van der Waals surface area contributed by atoms with Crippen LogP contribution in [0.5, 0.6) is 0 Å². The standard InChI is InChI=1S/C14H19N5/c1-10(15-9-14-16-18-19-17-14)12-7-6-11-4-2-3-5-13(11)8-12/h6-8,10,15H,2-5,9H2,1H3,(H,16,17,18,19). The van der Waals surface area contributed by atoms with E-state index in [1.165, 1.54) is 42.4 Å². The summed E-state index contributed by atoms with van der Waals surface area (Å²) < 4.78 is 0. The molecule has 5 heteroatoms. The summed E-state index contributed by atoms with van der Waals surface area (Å²) in [4.78, 5) is 0. The Balaban J connectivity index is 1.67. The first-order valence-electron chi connectivity index (χ1n) is 6.90. The van der Waals surface area contributed by atoms with Crippen molar-refractivity contribution in [3.63, 3.8) is 0 Å². The largest absolute Gasteiger partial charge is 0.303 e. The van der Waals surface area contributed by atoms with Crippen LogP contribution in [-0.2, 0) is 19.4 Å². The van der Waals surface area contributed by atoms with Crippen LogP contribution in [0.4, 0.5) is 0 Å². The van der Waals surface area contributed by atoms with Crippen molar-refractivity contribution in [2.45, 2.75) is 45.2 Å². The van der Waals surface area contributed by atoms with Crippen LogP contribution in [0, 0.1) is 0 Å². The maximum absolute atomic E-state index is 3.94. The zero-order chi connectivity index (χ0) is 13.1. The molecule has 0 bridgehead atoms. The number of hydrogen-bond acceptors (Lipinski definition) is 4. The van der Waals surface area contributed by atoms with Gasteiger partial charge in [0.2, 0.25) is 0 Å². The molecule has 0 spiro atoms. The predicted molar refractivity (Wildman–Crippen MR) is 72.5 cm³/mol.